The van der Waals surface area contributed by atoms with Gasteiger partial charge >= 0.3 is 0 Å². The molecular weight excluding hydrogens is 350 g/mol. The van der Waals surface area contributed by atoms with Gasteiger partial charge in [-0.3, -0.25) is 4.31 Å². The summed E-state index contributed by atoms with van der Waals surface area (Å²) in [5.74, 6) is 0. The summed E-state index contributed by atoms with van der Waals surface area (Å²) in [6, 6.07) is 11.0. The van der Waals surface area contributed by atoms with Gasteiger partial charge in [-0.15, -0.1) is 5.10 Å². The van der Waals surface area contributed by atoms with Crippen LogP contribution in [0.4, 0.5) is 11.4 Å². The van der Waals surface area contributed by atoms with Gasteiger partial charge in [-0.05, 0) is 41.4 Å². The van der Waals surface area contributed by atoms with Crippen molar-refractivity contribution in [1.82, 2.24) is 14.6 Å². The number of rotatable bonds is 5. The number of benzene rings is 1. The van der Waals surface area contributed by atoms with E-state index in [2.05, 4.69) is 15.4 Å². The smallest absolute Gasteiger partial charge is 0.243 e. The predicted octanol–water partition coefficient (Wildman–Crippen LogP) is 2.39. The lowest BCUT2D eigenvalue weighted by Crippen LogP contribution is -2.24. The quantitative estimate of drug-likeness (QED) is 0.751. The molecular formula is C15H16ClN5O2S. The maximum atomic E-state index is 11.7. The molecule has 9 heteroatoms. The van der Waals surface area contributed by atoms with Crippen LogP contribution >= 0.6 is 11.6 Å². The Bertz CT molecular complexity index is 986. The summed E-state index contributed by atoms with van der Waals surface area (Å²) in [6.45, 7) is 0.510. The molecule has 0 radical (unpaired) electrons. The molecule has 2 aromatic heterocycles. The molecule has 0 spiro atoms. The lowest BCUT2D eigenvalue weighted by molar-refractivity contribution is 0.600. The van der Waals surface area contributed by atoms with Crippen molar-refractivity contribution in [2.75, 3.05) is 22.9 Å². The van der Waals surface area contributed by atoms with Gasteiger partial charge < -0.3 is 5.32 Å². The van der Waals surface area contributed by atoms with Crippen LogP contribution in [0.25, 0.3) is 5.65 Å². The van der Waals surface area contributed by atoms with E-state index in [4.69, 9.17) is 11.6 Å². The average molecular weight is 366 g/mol. The van der Waals surface area contributed by atoms with E-state index < -0.39 is 10.0 Å². The standard InChI is InChI=1S/C15H16ClN5O2S/c1-20(24(2,22)23)12-6-3-5-11(9-12)10-17-13-7-4-8-21-14(13)18-15(16)19-21/h3-9,17H,10H2,1-2H3. The highest BCUT2D eigenvalue weighted by molar-refractivity contribution is 7.92. The summed E-state index contributed by atoms with van der Waals surface area (Å²) in [6.07, 6.45) is 2.94. The van der Waals surface area contributed by atoms with Crippen LogP contribution in [-0.4, -0.2) is 36.3 Å². The Labute approximate surface area is 144 Å². The molecule has 0 saturated carbocycles. The number of hydrogen-bond donors (Lipinski definition) is 1. The number of halogens is 1. The summed E-state index contributed by atoms with van der Waals surface area (Å²) in [7, 11) is -1.76. The molecule has 0 fully saturated rings. The largest absolute Gasteiger partial charge is 0.378 e. The Balaban J connectivity index is 1.82. The van der Waals surface area contributed by atoms with Gasteiger partial charge in [0.05, 0.1) is 17.6 Å². The number of nitrogens with zero attached hydrogens (tertiary/aromatic N) is 4. The number of aromatic nitrogens is 3. The number of hydrogen-bond acceptors (Lipinski definition) is 5. The third kappa shape index (κ3) is 3.44. The van der Waals surface area contributed by atoms with E-state index >= 15 is 0 Å². The van der Waals surface area contributed by atoms with Crippen LogP contribution in [0.1, 0.15) is 5.56 Å². The first-order chi connectivity index (χ1) is 11.3. The summed E-state index contributed by atoms with van der Waals surface area (Å²) in [4.78, 5) is 4.17. The molecule has 0 bridgehead atoms. The maximum Gasteiger partial charge on any atom is 0.243 e. The van der Waals surface area contributed by atoms with E-state index in [9.17, 15) is 8.42 Å². The molecule has 1 N–H and O–H groups in total. The minimum absolute atomic E-state index is 0.182. The van der Waals surface area contributed by atoms with Crippen molar-refractivity contribution >= 4 is 38.6 Å². The molecule has 7 nitrogen and oxygen atoms in total. The van der Waals surface area contributed by atoms with Crippen LogP contribution in [0.5, 0.6) is 0 Å². The minimum Gasteiger partial charge on any atom is -0.378 e. The lowest BCUT2D eigenvalue weighted by Gasteiger charge is -2.17. The molecule has 0 aliphatic carbocycles. The fourth-order valence-electron chi connectivity index (χ4n) is 2.27. The third-order valence-corrected chi connectivity index (χ3v) is 4.96. The van der Waals surface area contributed by atoms with Gasteiger partial charge in [0.1, 0.15) is 0 Å². The second-order valence-corrected chi connectivity index (χ2v) is 7.68. The SMILES string of the molecule is CN(c1cccc(CNc2cccn3nc(Cl)nc23)c1)S(C)(=O)=O. The Morgan fingerprint density at radius 3 is 2.83 bits per heavy atom. The van der Waals surface area contributed by atoms with Gasteiger partial charge in [0.15, 0.2) is 5.65 Å². The third-order valence-electron chi connectivity index (χ3n) is 3.59. The zero-order valence-corrected chi connectivity index (χ0v) is 14.7. The molecule has 1 aromatic carbocycles. The zero-order valence-electron chi connectivity index (χ0n) is 13.1. The van der Waals surface area contributed by atoms with Gasteiger partial charge in [-0.2, -0.15) is 4.98 Å². The van der Waals surface area contributed by atoms with Gasteiger partial charge in [0.25, 0.3) is 0 Å². The highest BCUT2D eigenvalue weighted by Crippen LogP contribution is 2.20. The second-order valence-electron chi connectivity index (χ2n) is 5.32. The van der Waals surface area contributed by atoms with Gasteiger partial charge in [-0.1, -0.05) is 12.1 Å². The lowest BCUT2D eigenvalue weighted by atomic mass is 10.2. The molecule has 3 rings (SSSR count). The molecule has 0 unspecified atom stereocenters. The first-order valence-electron chi connectivity index (χ1n) is 7.12. The van der Waals surface area contributed by atoms with Crippen molar-refractivity contribution in [3.8, 4) is 0 Å². The molecule has 0 aliphatic heterocycles. The Morgan fingerprint density at radius 2 is 2.08 bits per heavy atom. The van der Waals surface area contributed by atoms with E-state index in [1.54, 1.807) is 16.8 Å². The van der Waals surface area contributed by atoms with Crippen molar-refractivity contribution in [2.45, 2.75) is 6.54 Å². The highest BCUT2D eigenvalue weighted by atomic mass is 35.5. The van der Waals surface area contributed by atoms with Crippen molar-refractivity contribution < 1.29 is 8.42 Å². The van der Waals surface area contributed by atoms with Crippen molar-refractivity contribution in [1.29, 1.82) is 0 Å². The molecule has 126 valence electrons. The molecule has 0 amide bonds. The molecule has 2 heterocycles. The summed E-state index contributed by atoms with van der Waals surface area (Å²) >= 11 is 5.84. The van der Waals surface area contributed by atoms with Crippen molar-refractivity contribution in [3.63, 3.8) is 0 Å². The Kier molecular flexibility index (Phi) is 4.33. The van der Waals surface area contributed by atoms with Gasteiger partial charge in [0.2, 0.25) is 15.3 Å². The van der Waals surface area contributed by atoms with Crippen LogP contribution in [0.3, 0.4) is 0 Å². The van der Waals surface area contributed by atoms with Gasteiger partial charge in [0, 0.05) is 19.8 Å². The van der Waals surface area contributed by atoms with Gasteiger partial charge in [-0.25, -0.2) is 12.9 Å². The van der Waals surface area contributed by atoms with E-state index in [-0.39, 0.29) is 5.28 Å². The normalized spacial score (nSPS) is 11.6. The van der Waals surface area contributed by atoms with E-state index in [1.165, 1.54) is 17.6 Å². The highest BCUT2D eigenvalue weighted by Gasteiger charge is 2.12. The number of nitrogens with one attached hydrogen (secondary N) is 1. The predicted molar refractivity (Wildman–Crippen MR) is 95.0 cm³/mol. The van der Waals surface area contributed by atoms with E-state index in [0.717, 1.165) is 11.3 Å². The van der Waals surface area contributed by atoms with Crippen molar-refractivity contribution in [3.05, 3.63) is 53.4 Å². The van der Waals surface area contributed by atoms with Crippen molar-refractivity contribution in [2.24, 2.45) is 0 Å². The first kappa shape index (κ1) is 16.5. The summed E-state index contributed by atoms with van der Waals surface area (Å²) < 4.78 is 26.1. The fourth-order valence-corrected chi connectivity index (χ4v) is 2.93. The molecule has 0 saturated heterocycles. The number of pyridine rings is 1. The van der Waals surface area contributed by atoms with E-state index in [0.29, 0.717) is 17.9 Å². The maximum absolute atomic E-state index is 11.7. The summed E-state index contributed by atoms with van der Waals surface area (Å²) in [5.41, 5.74) is 2.97. The molecule has 0 atom stereocenters. The van der Waals surface area contributed by atoms with Crippen LogP contribution in [0.2, 0.25) is 5.28 Å². The first-order valence-corrected chi connectivity index (χ1v) is 9.35. The minimum atomic E-state index is -3.29. The topological polar surface area (TPSA) is 79.6 Å². The average Bonchev–Trinajstić information content (AvgIpc) is 2.92. The number of sulfonamides is 1. The molecule has 0 aliphatic rings. The zero-order chi connectivity index (χ0) is 17.3. The monoisotopic (exact) mass is 365 g/mol. The Morgan fingerprint density at radius 1 is 1.29 bits per heavy atom. The number of anilines is 2. The Hall–Kier alpha value is -2.32. The van der Waals surface area contributed by atoms with Crippen LogP contribution < -0.4 is 9.62 Å². The van der Waals surface area contributed by atoms with Crippen LogP contribution in [-0.2, 0) is 16.6 Å². The second kappa shape index (κ2) is 6.29. The fraction of sp³-hybridized carbons (Fsp3) is 0.200. The van der Waals surface area contributed by atoms with E-state index in [1.807, 2.05) is 30.3 Å². The number of fused-ring (bicyclic) bond motifs is 1. The van der Waals surface area contributed by atoms with Crippen LogP contribution in [0.15, 0.2) is 42.6 Å². The summed E-state index contributed by atoms with van der Waals surface area (Å²) in [5, 5.41) is 7.50. The van der Waals surface area contributed by atoms with Crippen LogP contribution in [0, 0.1) is 0 Å². The molecule has 24 heavy (non-hydrogen) atoms. The molecule has 3 aromatic rings.